The average Bonchev–Trinajstić information content (AvgIpc) is 2.81. The van der Waals surface area contributed by atoms with E-state index in [1.165, 1.54) is 0 Å². The van der Waals surface area contributed by atoms with Crippen molar-refractivity contribution in [2.45, 2.75) is 52.0 Å². The number of likely N-dealkylation sites (tertiary alicyclic amines) is 1. The number of amides is 1. The van der Waals surface area contributed by atoms with Gasteiger partial charge in [-0.2, -0.15) is 0 Å². The van der Waals surface area contributed by atoms with E-state index in [4.69, 9.17) is 0 Å². The number of aryl methyl sites for hydroxylation is 2. The van der Waals surface area contributed by atoms with Crippen molar-refractivity contribution in [3.63, 3.8) is 0 Å². The summed E-state index contributed by atoms with van der Waals surface area (Å²) in [6, 6.07) is 0. The number of halogens is 1. The van der Waals surface area contributed by atoms with Gasteiger partial charge in [-0.05, 0) is 63.9 Å². The zero-order valence-electron chi connectivity index (χ0n) is 15.0. The van der Waals surface area contributed by atoms with Gasteiger partial charge in [-0.25, -0.2) is 0 Å². The van der Waals surface area contributed by atoms with Gasteiger partial charge in [-0.3, -0.25) is 9.69 Å². The number of hydrogen-bond donors (Lipinski definition) is 1. The van der Waals surface area contributed by atoms with E-state index < -0.39 is 5.54 Å². The molecule has 0 spiro atoms. The predicted molar refractivity (Wildman–Crippen MR) is 107 cm³/mol. The molecule has 1 atom stereocenters. The molecule has 0 radical (unpaired) electrons. The van der Waals surface area contributed by atoms with Crippen LogP contribution in [0.25, 0.3) is 0 Å². The van der Waals surface area contributed by atoms with Crippen LogP contribution in [-0.2, 0) is 4.79 Å². The van der Waals surface area contributed by atoms with Gasteiger partial charge in [0.1, 0.15) is 5.54 Å². The number of rotatable bonds is 6. The molecule has 1 aliphatic rings. The summed E-state index contributed by atoms with van der Waals surface area (Å²) in [4.78, 5) is 16.7. The maximum atomic E-state index is 13.2. The van der Waals surface area contributed by atoms with Crippen LogP contribution in [0, 0.1) is 13.8 Å². The molecule has 0 saturated carbocycles. The monoisotopic (exact) mass is 368 g/mol. The minimum absolute atomic E-state index is 0. The van der Waals surface area contributed by atoms with Crippen molar-refractivity contribution in [3.8, 4) is 0 Å². The van der Waals surface area contributed by atoms with E-state index in [2.05, 4.69) is 35.7 Å². The molecule has 1 aromatic rings. The van der Waals surface area contributed by atoms with Gasteiger partial charge in [0.2, 0.25) is 5.91 Å². The number of hydrogen-bond acceptors (Lipinski definition) is 3. The Hall–Kier alpha value is -1.10. The third kappa shape index (κ3) is 4.29. The zero-order valence-corrected chi connectivity index (χ0v) is 16.6. The van der Waals surface area contributed by atoms with Gasteiger partial charge < -0.3 is 5.32 Å². The van der Waals surface area contributed by atoms with Crippen molar-refractivity contribution in [3.05, 3.63) is 40.6 Å². The summed E-state index contributed by atoms with van der Waals surface area (Å²) in [5.41, 5.74) is 2.71. The molecule has 0 unspecified atom stereocenters. The van der Waals surface area contributed by atoms with Crippen molar-refractivity contribution >= 4 is 35.3 Å². The molecule has 0 aliphatic carbocycles. The van der Waals surface area contributed by atoms with E-state index >= 15 is 0 Å². The first-order chi connectivity index (χ1) is 10.9. The van der Waals surface area contributed by atoms with E-state index in [1.807, 2.05) is 19.9 Å². The van der Waals surface area contributed by atoms with Crippen LogP contribution < -0.4 is 5.32 Å². The van der Waals surface area contributed by atoms with Gasteiger partial charge >= 0.3 is 0 Å². The largest absolute Gasteiger partial charge is 0.323 e. The van der Waals surface area contributed by atoms with Crippen LogP contribution in [0.2, 0.25) is 0 Å². The molecule has 1 fully saturated rings. The Morgan fingerprint density at radius 2 is 2.17 bits per heavy atom. The Bertz CT molecular complexity index is 591. The van der Waals surface area contributed by atoms with Crippen molar-refractivity contribution < 1.29 is 4.79 Å². The van der Waals surface area contributed by atoms with E-state index in [1.54, 1.807) is 11.3 Å². The molecule has 1 aliphatic heterocycles. The summed E-state index contributed by atoms with van der Waals surface area (Å²) < 4.78 is 0. The lowest BCUT2D eigenvalue weighted by Gasteiger charge is -2.45. The quantitative estimate of drug-likeness (QED) is 0.708. The number of thiophene rings is 1. The van der Waals surface area contributed by atoms with Crippen LogP contribution in [0.3, 0.4) is 0 Å². The highest BCUT2D eigenvalue weighted by Gasteiger charge is 2.44. The van der Waals surface area contributed by atoms with Crippen molar-refractivity contribution in [1.82, 2.24) is 4.90 Å². The fourth-order valence-corrected chi connectivity index (χ4v) is 4.26. The van der Waals surface area contributed by atoms with Gasteiger partial charge in [0, 0.05) is 11.4 Å². The molecule has 1 aromatic heterocycles. The Morgan fingerprint density at radius 1 is 1.46 bits per heavy atom. The maximum absolute atomic E-state index is 13.2. The van der Waals surface area contributed by atoms with Crippen LogP contribution in [-0.4, -0.2) is 29.4 Å². The van der Waals surface area contributed by atoms with Crippen molar-refractivity contribution in [2.75, 3.05) is 18.4 Å². The topological polar surface area (TPSA) is 32.3 Å². The smallest absolute Gasteiger partial charge is 0.245 e. The molecule has 1 saturated heterocycles. The summed E-state index contributed by atoms with van der Waals surface area (Å²) in [5, 5.41) is 5.30. The average molecular weight is 369 g/mol. The number of nitrogens with zero attached hydrogens (tertiary/aromatic N) is 1. The van der Waals surface area contributed by atoms with Crippen LogP contribution in [0.5, 0.6) is 0 Å². The van der Waals surface area contributed by atoms with Crippen LogP contribution in [0.15, 0.2) is 30.2 Å². The van der Waals surface area contributed by atoms with E-state index in [0.717, 1.165) is 54.1 Å². The Balaban J connectivity index is 0.00000288. The van der Waals surface area contributed by atoms with Crippen LogP contribution in [0.1, 0.15) is 43.0 Å². The fourth-order valence-electron chi connectivity index (χ4n) is 3.46. The Kier molecular flexibility index (Phi) is 7.71. The highest BCUT2D eigenvalue weighted by molar-refractivity contribution is 7.10. The summed E-state index contributed by atoms with van der Waals surface area (Å²) >= 11 is 1.68. The third-order valence-electron chi connectivity index (χ3n) is 4.64. The maximum Gasteiger partial charge on any atom is 0.245 e. The molecule has 3 nitrogen and oxygen atoms in total. The molecular formula is C19H29ClN2OS. The molecule has 134 valence electrons. The normalized spacial score (nSPS) is 21.0. The second-order valence-electron chi connectivity index (χ2n) is 6.66. The summed E-state index contributed by atoms with van der Waals surface area (Å²) in [5.74, 6) is 0.1000. The SMILES string of the molecule is C=CC[C@]1(C(=O)Nc2c(C)csc2C)CCCCN1CC(=C)C.Cl. The molecule has 1 amide bonds. The van der Waals surface area contributed by atoms with E-state index in [0.29, 0.717) is 6.42 Å². The standard InChI is InChI=1S/C19H28N2OS.ClH/c1-6-9-19(10-7-8-11-21(19)12-14(2)3)18(22)20-17-15(4)13-23-16(17)5;/h6,13H,1-2,7-12H2,3-5H3,(H,20,22);1H/t19-;/m1./s1. The highest BCUT2D eigenvalue weighted by atomic mass is 35.5. The summed E-state index contributed by atoms with van der Waals surface area (Å²) in [6.45, 7) is 15.8. The number of piperidine rings is 1. The lowest BCUT2D eigenvalue weighted by atomic mass is 9.82. The van der Waals surface area contributed by atoms with Gasteiger partial charge in [0.15, 0.2) is 0 Å². The van der Waals surface area contributed by atoms with E-state index in [-0.39, 0.29) is 18.3 Å². The van der Waals surface area contributed by atoms with Crippen molar-refractivity contribution in [2.24, 2.45) is 0 Å². The zero-order chi connectivity index (χ0) is 17.0. The first-order valence-electron chi connectivity index (χ1n) is 8.27. The predicted octanol–water partition coefficient (Wildman–Crippen LogP) is 5.10. The van der Waals surface area contributed by atoms with E-state index in [9.17, 15) is 4.79 Å². The Morgan fingerprint density at radius 3 is 2.71 bits per heavy atom. The number of carbonyl (C=O) groups excluding carboxylic acids is 1. The summed E-state index contributed by atoms with van der Waals surface area (Å²) in [7, 11) is 0. The molecule has 0 aromatic carbocycles. The molecule has 2 heterocycles. The van der Waals surface area contributed by atoms with Crippen LogP contribution >= 0.6 is 23.7 Å². The van der Waals surface area contributed by atoms with Gasteiger partial charge in [0.25, 0.3) is 0 Å². The third-order valence-corrected chi connectivity index (χ3v) is 5.67. The highest BCUT2D eigenvalue weighted by Crippen LogP contribution is 2.35. The minimum atomic E-state index is -0.500. The second kappa shape index (κ2) is 8.84. The van der Waals surface area contributed by atoms with Crippen molar-refractivity contribution in [1.29, 1.82) is 0 Å². The lowest BCUT2D eigenvalue weighted by Crippen LogP contribution is -2.59. The Labute approximate surface area is 156 Å². The summed E-state index contributed by atoms with van der Waals surface area (Å²) in [6.07, 6.45) is 5.64. The van der Waals surface area contributed by atoms with Crippen LogP contribution in [0.4, 0.5) is 5.69 Å². The molecule has 0 bridgehead atoms. The first kappa shape index (κ1) is 20.9. The molecule has 2 rings (SSSR count). The molecule has 24 heavy (non-hydrogen) atoms. The number of nitrogens with one attached hydrogen (secondary N) is 1. The van der Waals surface area contributed by atoms with Gasteiger partial charge in [0.05, 0.1) is 5.69 Å². The fraction of sp³-hybridized carbons (Fsp3) is 0.526. The lowest BCUT2D eigenvalue weighted by molar-refractivity contribution is -0.130. The number of anilines is 1. The number of carbonyl (C=O) groups is 1. The second-order valence-corrected chi connectivity index (χ2v) is 7.75. The molecule has 1 N–H and O–H groups in total. The minimum Gasteiger partial charge on any atom is -0.323 e. The molecule has 5 heteroatoms. The first-order valence-corrected chi connectivity index (χ1v) is 9.15. The van der Waals surface area contributed by atoms with Gasteiger partial charge in [-0.15, -0.1) is 30.3 Å². The molecular weight excluding hydrogens is 340 g/mol. The van der Waals surface area contributed by atoms with Gasteiger partial charge in [-0.1, -0.05) is 18.2 Å².